The molecule has 4 aromatic rings. The Morgan fingerprint density at radius 1 is 1.07 bits per heavy atom. The van der Waals surface area contributed by atoms with E-state index in [1.165, 1.54) is 6.20 Å². The number of pyridine rings is 2. The van der Waals surface area contributed by atoms with E-state index in [1.54, 1.807) is 43.9 Å². The number of methoxy groups -OCH3 is 1. The van der Waals surface area contributed by atoms with Crippen molar-refractivity contribution in [3.8, 4) is 17.4 Å². The maximum atomic E-state index is 12.6. The minimum atomic E-state index is -0.273. The normalized spacial score (nSPS) is 13.2. The molecule has 1 fully saturated rings. The highest BCUT2D eigenvalue weighted by Crippen LogP contribution is 2.36. The lowest BCUT2D eigenvalue weighted by Gasteiger charge is -2.10. The number of ether oxygens (including phenoxy) is 2. The van der Waals surface area contributed by atoms with E-state index in [2.05, 4.69) is 24.8 Å². The fraction of sp³-hybridized carbons (Fsp3) is 0.182. The molecule has 3 heterocycles. The Hall–Kier alpha value is -3.94. The molecule has 30 heavy (non-hydrogen) atoms. The highest BCUT2D eigenvalue weighted by atomic mass is 16.5. The van der Waals surface area contributed by atoms with Crippen molar-refractivity contribution in [2.45, 2.75) is 18.9 Å². The number of benzene rings is 1. The lowest BCUT2D eigenvalue weighted by Crippen LogP contribution is -2.12. The molecule has 1 N–H and O–H groups in total. The summed E-state index contributed by atoms with van der Waals surface area (Å²) in [6, 6.07) is 13.0. The van der Waals surface area contributed by atoms with E-state index in [9.17, 15) is 4.79 Å². The van der Waals surface area contributed by atoms with Crippen LogP contribution in [0.15, 0.2) is 61.2 Å². The number of carbonyl (C=O) groups is 1. The van der Waals surface area contributed by atoms with Gasteiger partial charge in [0.25, 0.3) is 5.91 Å². The molecule has 0 spiro atoms. The molecule has 8 nitrogen and oxygen atoms in total. The third kappa shape index (κ3) is 3.55. The number of nitrogens with zero attached hydrogens (tertiary/aromatic N) is 4. The van der Waals surface area contributed by atoms with Crippen molar-refractivity contribution < 1.29 is 14.3 Å². The topological polar surface area (TPSA) is 91.2 Å². The third-order valence-corrected chi connectivity index (χ3v) is 4.89. The van der Waals surface area contributed by atoms with Gasteiger partial charge in [0.1, 0.15) is 5.52 Å². The van der Waals surface area contributed by atoms with Crippen molar-refractivity contribution in [3.63, 3.8) is 0 Å². The molecule has 1 saturated carbocycles. The fourth-order valence-corrected chi connectivity index (χ4v) is 3.20. The smallest absolute Gasteiger partial charge is 0.257 e. The molecule has 1 amide bonds. The van der Waals surface area contributed by atoms with E-state index in [-0.39, 0.29) is 5.91 Å². The first-order chi connectivity index (χ1) is 14.7. The van der Waals surface area contributed by atoms with Crippen LogP contribution in [0.3, 0.4) is 0 Å². The first-order valence-corrected chi connectivity index (χ1v) is 9.62. The summed E-state index contributed by atoms with van der Waals surface area (Å²) in [4.78, 5) is 25.7. The van der Waals surface area contributed by atoms with Crippen LogP contribution < -0.4 is 14.8 Å². The fourth-order valence-electron chi connectivity index (χ4n) is 3.20. The van der Waals surface area contributed by atoms with E-state index in [0.29, 0.717) is 40.2 Å². The van der Waals surface area contributed by atoms with Crippen LogP contribution in [0.2, 0.25) is 0 Å². The van der Waals surface area contributed by atoms with Crippen molar-refractivity contribution in [1.82, 2.24) is 19.5 Å². The van der Waals surface area contributed by atoms with E-state index < -0.39 is 0 Å². The Kier molecular flexibility index (Phi) is 4.51. The van der Waals surface area contributed by atoms with E-state index in [4.69, 9.17) is 9.47 Å². The predicted molar refractivity (Wildman–Crippen MR) is 111 cm³/mol. The lowest BCUT2D eigenvalue weighted by molar-refractivity contribution is 0.102. The number of para-hydroxylation sites is 2. The Labute approximate surface area is 172 Å². The molecule has 5 rings (SSSR count). The molecule has 1 aromatic carbocycles. The van der Waals surface area contributed by atoms with Crippen LogP contribution in [0, 0.1) is 0 Å². The number of amides is 1. The van der Waals surface area contributed by atoms with Gasteiger partial charge >= 0.3 is 0 Å². The number of aromatic nitrogens is 4. The molecule has 8 heteroatoms. The largest absolute Gasteiger partial charge is 0.493 e. The molecular formula is C22H19N5O3. The summed E-state index contributed by atoms with van der Waals surface area (Å²) in [5, 5.41) is 2.82. The van der Waals surface area contributed by atoms with Crippen LogP contribution in [0.5, 0.6) is 17.4 Å². The summed E-state index contributed by atoms with van der Waals surface area (Å²) in [5.74, 6) is 1.30. The second-order valence-corrected chi connectivity index (χ2v) is 7.04. The Bertz CT molecular complexity index is 1220. The van der Waals surface area contributed by atoms with Crippen molar-refractivity contribution in [2.24, 2.45) is 0 Å². The van der Waals surface area contributed by atoms with Crippen molar-refractivity contribution in [3.05, 3.63) is 66.7 Å². The minimum Gasteiger partial charge on any atom is -0.493 e. The molecule has 150 valence electrons. The molecule has 0 atom stereocenters. The van der Waals surface area contributed by atoms with Crippen LogP contribution >= 0.6 is 0 Å². The number of hydrogen-bond donors (Lipinski definition) is 1. The van der Waals surface area contributed by atoms with Crippen molar-refractivity contribution in [2.75, 3.05) is 12.4 Å². The van der Waals surface area contributed by atoms with Gasteiger partial charge in [0.2, 0.25) is 5.88 Å². The number of hydrogen-bond acceptors (Lipinski definition) is 6. The summed E-state index contributed by atoms with van der Waals surface area (Å²) in [6.45, 7) is 0. The van der Waals surface area contributed by atoms with Crippen molar-refractivity contribution in [1.29, 1.82) is 0 Å². The monoisotopic (exact) mass is 401 g/mol. The highest BCUT2D eigenvalue weighted by molar-refractivity contribution is 6.05. The second-order valence-electron chi connectivity index (χ2n) is 7.04. The number of imidazole rings is 1. The summed E-state index contributed by atoms with van der Waals surface area (Å²) >= 11 is 0. The first kappa shape index (κ1) is 18.1. The van der Waals surface area contributed by atoms with Crippen LogP contribution in [0.25, 0.3) is 11.2 Å². The zero-order valence-electron chi connectivity index (χ0n) is 16.3. The molecule has 1 aliphatic carbocycles. The van der Waals surface area contributed by atoms with Gasteiger partial charge < -0.3 is 19.4 Å². The van der Waals surface area contributed by atoms with Crippen LogP contribution in [0.1, 0.15) is 29.2 Å². The van der Waals surface area contributed by atoms with Gasteiger partial charge in [-0.3, -0.25) is 4.79 Å². The second kappa shape index (κ2) is 7.47. The SMILES string of the molecule is COc1ccccc1Oc1ccc(NC(=O)c2cnc3c(c2)ncn3C2CC2)cn1. The average molecular weight is 401 g/mol. The van der Waals surface area contributed by atoms with Crippen LogP contribution in [0.4, 0.5) is 5.69 Å². The molecule has 0 radical (unpaired) electrons. The Balaban J connectivity index is 1.28. The Morgan fingerprint density at radius 2 is 1.90 bits per heavy atom. The summed E-state index contributed by atoms with van der Waals surface area (Å²) in [6.07, 6.45) is 7.21. The Morgan fingerprint density at radius 3 is 2.63 bits per heavy atom. The van der Waals surface area contributed by atoms with Gasteiger partial charge in [-0.05, 0) is 37.1 Å². The van der Waals surface area contributed by atoms with Gasteiger partial charge in [-0.25, -0.2) is 15.0 Å². The maximum Gasteiger partial charge on any atom is 0.257 e. The molecule has 0 saturated heterocycles. The standard InChI is InChI=1S/C22H19N5O3/c1-29-18-4-2-3-5-19(18)30-20-9-6-15(12-23-20)26-22(28)14-10-17-21(24-11-14)27(13-25-17)16-7-8-16/h2-6,9-13,16H,7-8H2,1H3,(H,26,28). The molecule has 0 aliphatic heterocycles. The molecule has 0 unspecified atom stereocenters. The van der Waals surface area contributed by atoms with Crippen molar-refractivity contribution >= 4 is 22.8 Å². The van der Waals surface area contributed by atoms with Gasteiger partial charge in [0.05, 0.1) is 30.9 Å². The summed E-state index contributed by atoms with van der Waals surface area (Å²) < 4.78 is 13.1. The predicted octanol–water partition coefficient (Wildman–Crippen LogP) is 4.21. The molecule has 3 aromatic heterocycles. The molecule has 0 bridgehead atoms. The maximum absolute atomic E-state index is 12.6. The van der Waals surface area contributed by atoms with E-state index in [0.717, 1.165) is 18.5 Å². The van der Waals surface area contributed by atoms with Gasteiger partial charge in [-0.1, -0.05) is 12.1 Å². The van der Waals surface area contributed by atoms with E-state index >= 15 is 0 Å². The summed E-state index contributed by atoms with van der Waals surface area (Å²) in [7, 11) is 1.58. The zero-order chi connectivity index (χ0) is 20.5. The number of rotatable bonds is 6. The first-order valence-electron chi connectivity index (χ1n) is 9.62. The third-order valence-electron chi connectivity index (χ3n) is 4.89. The zero-order valence-corrected chi connectivity index (χ0v) is 16.3. The average Bonchev–Trinajstić information content (AvgIpc) is 3.54. The number of anilines is 1. The summed E-state index contributed by atoms with van der Waals surface area (Å²) in [5.41, 5.74) is 2.52. The van der Waals surface area contributed by atoms with Crippen LogP contribution in [-0.2, 0) is 0 Å². The number of carbonyl (C=O) groups excluding carboxylic acids is 1. The van der Waals surface area contributed by atoms with E-state index in [1.807, 2.05) is 18.2 Å². The lowest BCUT2D eigenvalue weighted by atomic mass is 10.2. The highest BCUT2D eigenvalue weighted by Gasteiger charge is 2.25. The van der Waals surface area contributed by atoms with Gasteiger partial charge in [-0.2, -0.15) is 0 Å². The number of fused-ring (bicyclic) bond motifs is 1. The molecule has 1 aliphatic rings. The van der Waals surface area contributed by atoms with Crippen LogP contribution in [-0.4, -0.2) is 32.5 Å². The quantitative estimate of drug-likeness (QED) is 0.520. The number of nitrogens with one attached hydrogen (secondary N) is 1. The minimum absolute atomic E-state index is 0.273. The van der Waals surface area contributed by atoms with Gasteiger partial charge in [0, 0.05) is 18.3 Å². The van der Waals surface area contributed by atoms with Gasteiger partial charge in [0.15, 0.2) is 17.1 Å². The molecular weight excluding hydrogens is 382 g/mol. The van der Waals surface area contributed by atoms with Gasteiger partial charge in [-0.15, -0.1) is 0 Å².